The summed E-state index contributed by atoms with van der Waals surface area (Å²) in [5, 5.41) is 0. The number of nitrogens with two attached hydrogens (primary N) is 1. The van der Waals surface area contributed by atoms with Crippen LogP contribution in [0.2, 0.25) is 0 Å². The molecule has 6 heteroatoms. The second-order valence-corrected chi connectivity index (χ2v) is 3.81. The van der Waals surface area contributed by atoms with Gasteiger partial charge >= 0.3 is 6.01 Å². The highest BCUT2D eigenvalue weighted by molar-refractivity contribution is 5.53. The minimum absolute atomic E-state index is 0.143. The highest BCUT2D eigenvalue weighted by Gasteiger charge is 2.10. The summed E-state index contributed by atoms with van der Waals surface area (Å²) in [6.45, 7) is 1.86. The van der Waals surface area contributed by atoms with Crippen LogP contribution in [0.3, 0.4) is 0 Å². The zero-order valence-electron chi connectivity index (χ0n) is 11.0. The summed E-state index contributed by atoms with van der Waals surface area (Å²) in [7, 11) is 3.02. The third-order valence-electron chi connectivity index (χ3n) is 2.60. The Hall–Kier alpha value is -2.50. The van der Waals surface area contributed by atoms with Crippen molar-refractivity contribution < 1.29 is 14.2 Å². The van der Waals surface area contributed by atoms with Crippen LogP contribution in [0.4, 0.5) is 5.69 Å². The van der Waals surface area contributed by atoms with Crippen LogP contribution in [0.1, 0.15) is 5.56 Å². The minimum atomic E-state index is 0.143. The third kappa shape index (κ3) is 2.85. The predicted octanol–water partition coefficient (Wildman–Crippen LogP) is 2.18. The monoisotopic (exact) mass is 261 g/mol. The van der Waals surface area contributed by atoms with E-state index in [1.165, 1.54) is 14.2 Å². The lowest BCUT2D eigenvalue weighted by Gasteiger charge is -2.10. The zero-order valence-corrected chi connectivity index (χ0v) is 11.0. The fourth-order valence-electron chi connectivity index (χ4n) is 1.48. The number of ether oxygens (including phenoxy) is 3. The number of nitrogen functional groups attached to an aromatic ring is 1. The van der Waals surface area contributed by atoms with Crippen molar-refractivity contribution in [2.24, 2.45) is 0 Å². The lowest BCUT2D eigenvalue weighted by molar-refractivity contribution is 0.347. The van der Waals surface area contributed by atoms with Gasteiger partial charge in [0.25, 0.3) is 0 Å². The van der Waals surface area contributed by atoms with E-state index in [-0.39, 0.29) is 6.01 Å². The van der Waals surface area contributed by atoms with Crippen molar-refractivity contribution in [3.63, 3.8) is 0 Å². The number of hydrogen-bond donors (Lipinski definition) is 1. The topological polar surface area (TPSA) is 79.5 Å². The molecule has 0 amide bonds. The van der Waals surface area contributed by atoms with Crippen LogP contribution in [0, 0.1) is 6.92 Å². The molecule has 0 unspecified atom stereocenters. The molecule has 2 aromatic rings. The molecule has 0 aliphatic carbocycles. The molecule has 0 saturated carbocycles. The number of nitrogens with zero attached hydrogens (tertiary/aromatic N) is 2. The Morgan fingerprint density at radius 2 is 1.68 bits per heavy atom. The number of methoxy groups -OCH3 is 2. The molecule has 2 N–H and O–H groups in total. The summed E-state index contributed by atoms with van der Waals surface area (Å²) in [6.07, 6.45) is 0. The van der Waals surface area contributed by atoms with E-state index in [0.29, 0.717) is 23.2 Å². The summed E-state index contributed by atoms with van der Waals surface area (Å²) in [6, 6.07) is 7.11. The Kier molecular flexibility index (Phi) is 3.70. The maximum Gasteiger partial charge on any atom is 0.328 e. The SMILES string of the molecule is COc1cc(OC)nc(Oc2cccc(N)c2C)n1. The Bertz CT molecular complexity index is 565. The second kappa shape index (κ2) is 5.43. The van der Waals surface area contributed by atoms with Gasteiger partial charge in [-0.1, -0.05) is 6.07 Å². The zero-order chi connectivity index (χ0) is 13.8. The molecule has 0 aliphatic heterocycles. The molecule has 0 atom stereocenters. The molecule has 100 valence electrons. The van der Waals surface area contributed by atoms with Crippen LogP contribution in [0.25, 0.3) is 0 Å². The molecule has 2 rings (SSSR count). The molecule has 0 radical (unpaired) electrons. The van der Waals surface area contributed by atoms with E-state index in [1.807, 2.05) is 6.92 Å². The Labute approximate surface area is 111 Å². The van der Waals surface area contributed by atoms with E-state index in [2.05, 4.69) is 9.97 Å². The molecule has 1 heterocycles. The van der Waals surface area contributed by atoms with E-state index >= 15 is 0 Å². The molecule has 0 aliphatic rings. The van der Waals surface area contributed by atoms with Gasteiger partial charge < -0.3 is 19.9 Å². The second-order valence-electron chi connectivity index (χ2n) is 3.81. The average molecular weight is 261 g/mol. The highest BCUT2D eigenvalue weighted by atomic mass is 16.5. The molecule has 0 fully saturated rings. The lowest BCUT2D eigenvalue weighted by Crippen LogP contribution is -1.99. The summed E-state index contributed by atoms with van der Waals surface area (Å²) >= 11 is 0. The molecular weight excluding hydrogens is 246 g/mol. The van der Waals surface area contributed by atoms with Crippen molar-refractivity contribution in [1.29, 1.82) is 0 Å². The minimum Gasteiger partial charge on any atom is -0.481 e. The maximum atomic E-state index is 5.82. The average Bonchev–Trinajstić information content (AvgIpc) is 2.43. The van der Waals surface area contributed by atoms with Gasteiger partial charge in [-0.25, -0.2) is 0 Å². The normalized spacial score (nSPS) is 10.1. The standard InChI is InChI=1S/C13H15N3O3/c1-8-9(14)5-4-6-10(8)19-13-15-11(17-2)7-12(16-13)18-3/h4-7H,14H2,1-3H3. The van der Waals surface area contributed by atoms with Crippen molar-refractivity contribution >= 4 is 5.69 Å². The Morgan fingerprint density at radius 1 is 1.05 bits per heavy atom. The van der Waals surface area contributed by atoms with Crippen LogP contribution in [-0.2, 0) is 0 Å². The van der Waals surface area contributed by atoms with Crippen molar-refractivity contribution in [1.82, 2.24) is 9.97 Å². The van der Waals surface area contributed by atoms with Crippen LogP contribution in [0.5, 0.6) is 23.5 Å². The fourth-order valence-corrected chi connectivity index (χ4v) is 1.48. The number of hydrogen-bond acceptors (Lipinski definition) is 6. The Balaban J connectivity index is 2.34. The van der Waals surface area contributed by atoms with Gasteiger partial charge in [0.1, 0.15) is 5.75 Å². The summed E-state index contributed by atoms with van der Waals surface area (Å²) in [4.78, 5) is 8.18. The van der Waals surface area contributed by atoms with Crippen molar-refractivity contribution in [2.75, 3.05) is 20.0 Å². The molecule has 0 bridgehead atoms. The summed E-state index contributed by atoms with van der Waals surface area (Å²) < 4.78 is 15.7. The van der Waals surface area contributed by atoms with Crippen LogP contribution < -0.4 is 19.9 Å². The number of aromatic nitrogens is 2. The van der Waals surface area contributed by atoms with Crippen LogP contribution >= 0.6 is 0 Å². The van der Waals surface area contributed by atoms with Gasteiger partial charge in [0.2, 0.25) is 11.8 Å². The smallest absolute Gasteiger partial charge is 0.328 e. The van der Waals surface area contributed by atoms with Crippen LogP contribution in [-0.4, -0.2) is 24.2 Å². The van der Waals surface area contributed by atoms with Gasteiger partial charge in [0.15, 0.2) is 0 Å². The number of anilines is 1. The van der Waals surface area contributed by atoms with E-state index in [0.717, 1.165) is 5.56 Å². The van der Waals surface area contributed by atoms with Gasteiger partial charge in [-0.3, -0.25) is 0 Å². The van der Waals surface area contributed by atoms with Gasteiger partial charge in [-0.2, -0.15) is 9.97 Å². The lowest BCUT2D eigenvalue weighted by atomic mass is 10.2. The van der Waals surface area contributed by atoms with Crippen molar-refractivity contribution in [3.05, 3.63) is 29.8 Å². The first-order valence-corrected chi connectivity index (χ1v) is 5.64. The van der Waals surface area contributed by atoms with E-state index in [4.69, 9.17) is 19.9 Å². The van der Waals surface area contributed by atoms with Gasteiger partial charge in [0.05, 0.1) is 20.3 Å². The molecule has 1 aromatic carbocycles. The summed E-state index contributed by atoms with van der Waals surface area (Å²) in [5.74, 6) is 1.32. The number of rotatable bonds is 4. The molecule has 19 heavy (non-hydrogen) atoms. The van der Waals surface area contributed by atoms with Crippen molar-refractivity contribution in [2.45, 2.75) is 6.92 Å². The van der Waals surface area contributed by atoms with Crippen molar-refractivity contribution in [3.8, 4) is 23.5 Å². The van der Waals surface area contributed by atoms with E-state index in [1.54, 1.807) is 24.3 Å². The molecule has 1 aromatic heterocycles. The van der Waals surface area contributed by atoms with Gasteiger partial charge in [-0.05, 0) is 19.1 Å². The summed E-state index contributed by atoms with van der Waals surface area (Å²) in [5.41, 5.74) is 7.29. The largest absolute Gasteiger partial charge is 0.481 e. The first-order valence-electron chi connectivity index (χ1n) is 5.64. The van der Waals surface area contributed by atoms with E-state index < -0.39 is 0 Å². The van der Waals surface area contributed by atoms with Gasteiger partial charge in [-0.15, -0.1) is 0 Å². The molecular formula is C13H15N3O3. The van der Waals surface area contributed by atoms with Gasteiger partial charge in [0, 0.05) is 11.3 Å². The highest BCUT2D eigenvalue weighted by Crippen LogP contribution is 2.28. The molecule has 6 nitrogen and oxygen atoms in total. The maximum absolute atomic E-state index is 5.82. The quantitative estimate of drug-likeness (QED) is 0.850. The third-order valence-corrected chi connectivity index (χ3v) is 2.60. The molecule has 0 spiro atoms. The molecule has 0 saturated heterocycles. The number of benzene rings is 1. The fraction of sp³-hybridized carbons (Fsp3) is 0.231. The first kappa shape index (κ1) is 12.9. The Morgan fingerprint density at radius 3 is 2.26 bits per heavy atom. The van der Waals surface area contributed by atoms with Crippen LogP contribution in [0.15, 0.2) is 24.3 Å². The first-order chi connectivity index (χ1) is 9.13. The van der Waals surface area contributed by atoms with E-state index in [9.17, 15) is 0 Å². The predicted molar refractivity (Wildman–Crippen MR) is 70.8 cm³/mol.